The van der Waals surface area contributed by atoms with Gasteiger partial charge in [-0.25, -0.2) is 0 Å². The number of benzene rings is 2. The van der Waals surface area contributed by atoms with Crippen molar-refractivity contribution in [1.82, 2.24) is 4.90 Å². The van der Waals surface area contributed by atoms with Crippen molar-refractivity contribution in [2.75, 3.05) is 12.4 Å². The molecule has 0 saturated carbocycles. The molecule has 28 heavy (non-hydrogen) atoms. The molecule has 2 atom stereocenters. The van der Waals surface area contributed by atoms with Crippen LogP contribution in [0.15, 0.2) is 48.5 Å². The van der Waals surface area contributed by atoms with Gasteiger partial charge in [0.1, 0.15) is 5.75 Å². The van der Waals surface area contributed by atoms with E-state index in [-0.39, 0.29) is 5.91 Å². The summed E-state index contributed by atoms with van der Waals surface area (Å²) in [6, 6.07) is 17.2. The summed E-state index contributed by atoms with van der Waals surface area (Å²) in [6.07, 6.45) is 5.25. The number of fused-ring (bicyclic) bond motifs is 2. The first-order valence-corrected chi connectivity index (χ1v) is 10.4. The fourth-order valence-corrected chi connectivity index (χ4v) is 5.02. The number of hydrogen-bond donors (Lipinski definition) is 1. The molecule has 2 bridgehead atoms. The Morgan fingerprint density at radius 1 is 1.14 bits per heavy atom. The van der Waals surface area contributed by atoms with E-state index in [9.17, 15) is 4.79 Å². The zero-order chi connectivity index (χ0) is 19.5. The Morgan fingerprint density at radius 3 is 2.54 bits per heavy atom. The third-order valence-electron chi connectivity index (χ3n) is 6.10. The van der Waals surface area contributed by atoms with E-state index < -0.39 is 0 Å². The first-order valence-electron chi connectivity index (χ1n) is 10.1. The van der Waals surface area contributed by atoms with Crippen molar-refractivity contribution in [3.63, 3.8) is 0 Å². The van der Waals surface area contributed by atoms with Gasteiger partial charge in [0.15, 0.2) is 0 Å². The molecule has 2 aromatic rings. The molecule has 0 aliphatic carbocycles. The Bertz CT molecular complexity index is 813. The second kappa shape index (κ2) is 8.54. The molecule has 2 fully saturated rings. The zero-order valence-electron chi connectivity index (χ0n) is 16.2. The highest BCUT2D eigenvalue weighted by atomic mass is 35.5. The van der Waals surface area contributed by atoms with Crippen molar-refractivity contribution < 1.29 is 9.53 Å². The van der Waals surface area contributed by atoms with Crippen LogP contribution in [0.4, 0.5) is 5.69 Å². The van der Waals surface area contributed by atoms with Crippen LogP contribution in [0.3, 0.4) is 0 Å². The number of halogens is 1. The molecule has 2 aliphatic rings. The molecule has 0 aromatic heterocycles. The molecule has 4 nitrogen and oxygen atoms in total. The minimum Gasteiger partial charge on any atom is -0.495 e. The van der Waals surface area contributed by atoms with Crippen LogP contribution < -0.4 is 10.1 Å². The number of hydrogen-bond acceptors (Lipinski definition) is 3. The van der Waals surface area contributed by atoms with Crippen LogP contribution in [-0.4, -0.2) is 30.0 Å². The van der Waals surface area contributed by atoms with Gasteiger partial charge in [0.05, 0.1) is 12.8 Å². The van der Waals surface area contributed by atoms with Crippen LogP contribution in [0.5, 0.6) is 5.75 Å². The lowest BCUT2D eigenvalue weighted by Gasteiger charge is -2.39. The predicted octanol–water partition coefficient (Wildman–Crippen LogP) is 5.12. The summed E-state index contributed by atoms with van der Waals surface area (Å²) < 4.78 is 5.33. The maximum Gasteiger partial charge on any atom is 0.224 e. The Balaban J connectivity index is 1.35. The molecule has 0 radical (unpaired) electrons. The van der Waals surface area contributed by atoms with Crippen LogP contribution in [0, 0.1) is 5.92 Å². The average molecular weight is 399 g/mol. The number of methoxy groups -OCH3 is 1. The zero-order valence-corrected chi connectivity index (χ0v) is 17.0. The molecular weight excluding hydrogens is 372 g/mol. The lowest BCUT2D eigenvalue weighted by Crippen LogP contribution is -2.42. The standard InChI is InChI=1S/C23H27ClN2O2/c1-28-22-10-7-18(24)14-21(22)25-23(27)13-17-11-19-8-9-20(12-17)26(19)15-16-5-3-2-4-6-16/h2-7,10,14,17,19-20H,8-9,11-13,15H2,1H3,(H,25,27). The van der Waals surface area contributed by atoms with E-state index in [2.05, 4.69) is 40.5 Å². The van der Waals surface area contributed by atoms with Crippen molar-refractivity contribution in [2.45, 2.75) is 50.7 Å². The lowest BCUT2D eigenvalue weighted by molar-refractivity contribution is -0.117. The fourth-order valence-electron chi connectivity index (χ4n) is 4.85. The number of nitrogens with one attached hydrogen (secondary N) is 1. The van der Waals surface area contributed by atoms with Gasteiger partial charge in [-0.3, -0.25) is 9.69 Å². The van der Waals surface area contributed by atoms with Crippen molar-refractivity contribution in [3.05, 3.63) is 59.1 Å². The lowest BCUT2D eigenvalue weighted by atomic mass is 9.87. The number of carbonyl (C=O) groups is 1. The second-order valence-electron chi connectivity index (χ2n) is 7.98. The third kappa shape index (κ3) is 4.34. The Kier molecular flexibility index (Phi) is 5.88. The topological polar surface area (TPSA) is 41.6 Å². The van der Waals surface area contributed by atoms with E-state index in [4.69, 9.17) is 16.3 Å². The molecule has 4 rings (SSSR count). The van der Waals surface area contributed by atoms with Gasteiger partial charge in [-0.15, -0.1) is 0 Å². The quantitative estimate of drug-likeness (QED) is 0.734. The molecule has 1 amide bonds. The molecule has 148 valence electrons. The van der Waals surface area contributed by atoms with Gasteiger partial charge in [0.2, 0.25) is 5.91 Å². The molecule has 5 heteroatoms. The van der Waals surface area contributed by atoms with Gasteiger partial charge in [0.25, 0.3) is 0 Å². The summed E-state index contributed by atoms with van der Waals surface area (Å²) in [7, 11) is 1.60. The number of amides is 1. The van der Waals surface area contributed by atoms with Crippen molar-refractivity contribution >= 4 is 23.2 Å². The normalized spacial score (nSPS) is 24.1. The predicted molar refractivity (Wildman–Crippen MR) is 113 cm³/mol. The van der Waals surface area contributed by atoms with E-state index in [0.717, 1.165) is 19.4 Å². The molecule has 2 saturated heterocycles. The van der Waals surface area contributed by atoms with Crippen LogP contribution >= 0.6 is 11.6 Å². The summed E-state index contributed by atoms with van der Waals surface area (Å²) >= 11 is 6.07. The van der Waals surface area contributed by atoms with Gasteiger partial charge >= 0.3 is 0 Å². The van der Waals surface area contributed by atoms with E-state index in [1.807, 2.05) is 0 Å². The molecule has 2 aromatic carbocycles. The summed E-state index contributed by atoms with van der Waals surface area (Å²) in [5.41, 5.74) is 2.02. The first-order chi connectivity index (χ1) is 13.6. The van der Waals surface area contributed by atoms with Gasteiger partial charge in [-0.2, -0.15) is 0 Å². The van der Waals surface area contributed by atoms with E-state index in [1.54, 1.807) is 25.3 Å². The van der Waals surface area contributed by atoms with E-state index >= 15 is 0 Å². The van der Waals surface area contributed by atoms with Gasteiger partial charge in [-0.05, 0) is 55.4 Å². The van der Waals surface area contributed by atoms with Gasteiger partial charge in [0, 0.05) is 30.1 Å². The number of piperidine rings is 1. The monoisotopic (exact) mass is 398 g/mol. The maximum atomic E-state index is 12.6. The second-order valence-corrected chi connectivity index (χ2v) is 8.41. The van der Waals surface area contributed by atoms with Crippen molar-refractivity contribution in [2.24, 2.45) is 5.92 Å². The van der Waals surface area contributed by atoms with Crippen LogP contribution in [-0.2, 0) is 11.3 Å². The third-order valence-corrected chi connectivity index (χ3v) is 6.33. The molecule has 2 heterocycles. The number of ether oxygens (including phenoxy) is 1. The van der Waals surface area contributed by atoms with Crippen LogP contribution in [0.2, 0.25) is 5.02 Å². The molecule has 2 unspecified atom stereocenters. The Labute approximate surface area is 171 Å². The smallest absolute Gasteiger partial charge is 0.224 e. The van der Waals surface area contributed by atoms with Gasteiger partial charge < -0.3 is 10.1 Å². The summed E-state index contributed by atoms with van der Waals surface area (Å²) in [5.74, 6) is 1.12. The number of nitrogens with zero attached hydrogens (tertiary/aromatic N) is 1. The molecule has 2 aliphatic heterocycles. The summed E-state index contributed by atoms with van der Waals surface area (Å²) in [6.45, 7) is 1.02. The van der Waals surface area contributed by atoms with Crippen LogP contribution in [0.25, 0.3) is 0 Å². The number of anilines is 1. The minimum atomic E-state index is 0.0430. The Morgan fingerprint density at radius 2 is 1.86 bits per heavy atom. The maximum absolute atomic E-state index is 12.6. The first kappa shape index (κ1) is 19.3. The van der Waals surface area contributed by atoms with Gasteiger partial charge in [-0.1, -0.05) is 41.9 Å². The highest BCUT2D eigenvalue weighted by Crippen LogP contribution is 2.41. The highest BCUT2D eigenvalue weighted by molar-refractivity contribution is 6.31. The fraction of sp³-hybridized carbons (Fsp3) is 0.435. The highest BCUT2D eigenvalue weighted by Gasteiger charge is 2.40. The molecule has 1 N–H and O–H groups in total. The minimum absolute atomic E-state index is 0.0430. The molecule has 0 spiro atoms. The largest absolute Gasteiger partial charge is 0.495 e. The van der Waals surface area contributed by atoms with Crippen molar-refractivity contribution in [3.8, 4) is 5.75 Å². The molecular formula is C23H27ClN2O2. The van der Waals surface area contributed by atoms with E-state index in [1.165, 1.54) is 18.4 Å². The summed E-state index contributed by atoms with van der Waals surface area (Å²) in [4.78, 5) is 15.3. The number of rotatable bonds is 6. The SMILES string of the molecule is COc1ccc(Cl)cc1NC(=O)CC1CC2CCC(C1)N2Cc1ccccc1. The Hall–Kier alpha value is -2.04. The average Bonchev–Trinajstić information content (AvgIpc) is 2.91. The van der Waals surface area contributed by atoms with Crippen molar-refractivity contribution in [1.29, 1.82) is 0 Å². The van der Waals surface area contributed by atoms with E-state index in [0.29, 0.717) is 40.9 Å². The number of carbonyl (C=O) groups excluding carboxylic acids is 1. The van der Waals surface area contributed by atoms with Crippen LogP contribution in [0.1, 0.15) is 37.7 Å². The summed E-state index contributed by atoms with van der Waals surface area (Å²) in [5, 5.41) is 3.58.